The molecule has 0 bridgehead atoms. The van der Waals surface area contributed by atoms with Crippen molar-refractivity contribution in [3.63, 3.8) is 0 Å². The smallest absolute Gasteiger partial charge is 0.0615 e. The zero-order valence-electron chi connectivity index (χ0n) is 13.7. The molecular formula is C17H29ClN2O. The molecular weight excluding hydrogens is 284 g/mol. The second-order valence-corrected chi connectivity index (χ2v) is 6.01. The molecule has 120 valence electrons. The van der Waals surface area contributed by atoms with Gasteiger partial charge >= 0.3 is 0 Å². The molecule has 0 aliphatic carbocycles. The molecule has 2 unspecified atom stereocenters. The first kappa shape index (κ1) is 18.4. The van der Waals surface area contributed by atoms with Crippen molar-refractivity contribution in [2.75, 3.05) is 33.9 Å². The number of halogens is 1. The lowest BCUT2D eigenvalue weighted by molar-refractivity contribution is 0.113. The number of ether oxygens (including phenoxy) is 1. The number of nitrogens with zero attached hydrogens (tertiary/aromatic N) is 1. The topological polar surface area (TPSA) is 24.5 Å². The number of benzene rings is 1. The lowest BCUT2D eigenvalue weighted by Gasteiger charge is -2.27. The maximum atomic E-state index is 6.35. The number of methoxy groups -OCH3 is 1. The van der Waals surface area contributed by atoms with Crippen molar-refractivity contribution in [3.8, 4) is 0 Å². The third-order valence-electron chi connectivity index (χ3n) is 3.85. The molecule has 0 saturated carbocycles. The summed E-state index contributed by atoms with van der Waals surface area (Å²) in [6.45, 7) is 7.15. The molecule has 0 spiro atoms. The van der Waals surface area contributed by atoms with Gasteiger partial charge < -0.3 is 15.0 Å². The minimum Gasteiger partial charge on any atom is -0.383 e. The third kappa shape index (κ3) is 6.35. The van der Waals surface area contributed by atoms with E-state index in [9.17, 15) is 0 Å². The van der Waals surface area contributed by atoms with Crippen LogP contribution in [0.3, 0.4) is 0 Å². The van der Waals surface area contributed by atoms with Gasteiger partial charge in [-0.25, -0.2) is 0 Å². The Labute approximate surface area is 134 Å². The average Bonchev–Trinajstić information content (AvgIpc) is 2.48. The fourth-order valence-corrected chi connectivity index (χ4v) is 2.63. The minimum atomic E-state index is 0.302. The molecule has 21 heavy (non-hydrogen) atoms. The van der Waals surface area contributed by atoms with Crippen LogP contribution in [0.4, 0.5) is 0 Å². The molecule has 0 fully saturated rings. The Morgan fingerprint density at radius 1 is 1.33 bits per heavy atom. The molecule has 2 atom stereocenters. The minimum absolute atomic E-state index is 0.302. The SMILES string of the molecule is CCCNC(CCN(C)C(C)COC)c1ccccc1Cl. The number of hydrogen-bond donors (Lipinski definition) is 1. The van der Waals surface area contributed by atoms with Crippen LogP contribution in [-0.2, 0) is 4.74 Å². The third-order valence-corrected chi connectivity index (χ3v) is 4.20. The van der Waals surface area contributed by atoms with Crippen molar-refractivity contribution in [2.45, 2.75) is 38.8 Å². The molecule has 1 aromatic carbocycles. The Bertz CT molecular complexity index is 400. The van der Waals surface area contributed by atoms with Gasteiger partial charge in [0.05, 0.1) is 6.61 Å². The van der Waals surface area contributed by atoms with Gasteiger partial charge in [0.1, 0.15) is 0 Å². The standard InChI is InChI=1S/C17H29ClN2O/c1-5-11-19-17(15-8-6-7-9-16(15)18)10-12-20(3)14(2)13-21-4/h6-9,14,17,19H,5,10-13H2,1-4H3. The molecule has 0 aliphatic heterocycles. The molecule has 0 aromatic heterocycles. The van der Waals surface area contributed by atoms with Crippen molar-refractivity contribution in [1.82, 2.24) is 10.2 Å². The summed E-state index contributed by atoms with van der Waals surface area (Å²) in [5.74, 6) is 0. The Morgan fingerprint density at radius 2 is 2.05 bits per heavy atom. The van der Waals surface area contributed by atoms with Gasteiger partial charge in [0, 0.05) is 30.8 Å². The maximum Gasteiger partial charge on any atom is 0.0615 e. The first-order valence-corrected chi connectivity index (χ1v) is 8.14. The van der Waals surface area contributed by atoms with Crippen molar-refractivity contribution in [1.29, 1.82) is 0 Å². The summed E-state index contributed by atoms with van der Waals surface area (Å²) in [6.07, 6.45) is 2.16. The summed E-state index contributed by atoms with van der Waals surface area (Å²) in [5.41, 5.74) is 1.19. The van der Waals surface area contributed by atoms with E-state index in [1.54, 1.807) is 7.11 Å². The first-order valence-electron chi connectivity index (χ1n) is 7.77. The van der Waals surface area contributed by atoms with E-state index in [0.717, 1.165) is 37.6 Å². The first-order chi connectivity index (χ1) is 10.1. The Morgan fingerprint density at radius 3 is 2.67 bits per heavy atom. The largest absolute Gasteiger partial charge is 0.383 e. The van der Waals surface area contributed by atoms with Crippen LogP contribution < -0.4 is 5.32 Å². The maximum absolute atomic E-state index is 6.35. The van der Waals surface area contributed by atoms with E-state index in [4.69, 9.17) is 16.3 Å². The van der Waals surface area contributed by atoms with Gasteiger partial charge in [0.25, 0.3) is 0 Å². The van der Waals surface area contributed by atoms with Crippen LogP contribution in [0.25, 0.3) is 0 Å². The van der Waals surface area contributed by atoms with E-state index in [0.29, 0.717) is 12.1 Å². The van der Waals surface area contributed by atoms with Gasteiger partial charge in [-0.15, -0.1) is 0 Å². The van der Waals surface area contributed by atoms with Crippen molar-refractivity contribution in [2.24, 2.45) is 0 Å². The van der Waals surface area contributed by atoms with Crippen LogP contribution in [0.2, 0.25) is 5.02 Å². The normalized spacial score (nSPS) is 14.4. The number of hydrogen-bond acceptors (Lipinski definition) is 3. The Hall–Kier alpha value is -0.610. The molecule has 1 aromatic rings. The van der Waals surface area contributed by atoms with E-state index in [2.05, 4.69) is 43.2 Å². The summed E-state index contributed by atoms with van der Waals surface area (Å²) < 4.78 is 5.22. The highest BCUT2D eigenvalue weighted by atomic mass is 35.5. The van der Waals surface area contributed by atoms with Gasteiger partial charge in [-0.1, -0.05) is 36.7 Å². The van der Waals surface area contributed by atoms with Crippen LogP contribution in [0.15, 0.2) is 24.3 Å². The second-order valence-electron chi connectivity index (χ2n) is 5.60. The molecule has 0 amide bonds. The molecule has 1 rings (SSSR count). The molecule has 0 saturated heterocycles. The van der Waals surface area contributed by atoms with Crippen LogP contribution in [0, 0.1) is 0 Å². The van der Waals surface area contributed by atoms with Gasteiger partial charge in [-0.3, -0.25) is 0 Å². The summed E-state index contributed by atoms with van der Waals surface area (Å²) in [5, 5.41) is 4.46. The molecule has 1 N–H and O–H groups in total. The predicted molar refractivity (Wildman–Crippen MR) is 91.1 cm³/mol. The molecule has 3 nitrogen and oxygen atoms in total. The van der Waals surface area contributed by atoms with E-state index >= 15 is 0 Å². The Balaban J connectivity index is 2.64. The van der Waals surface area contributed by atoms with Crippen LogP contribution in [-0.4, -0.2) is 44.8 Å². The monoisotopic (exact) mass is 312 g/mol. The van der Waals surface area contributed by atoms with E-state index in [-0.39, 0.29) is 0 Å². The van der Waals surface area contributed by atoms with Crippen LogP contribution in [0.5, 0.6) is 0 Å². The van der Waals surface area contributed by atoms with E-state index in [1.165, 1.54) is 5.56 Å². The summed E-state index contributed by atoms with van der Waals surface area (Å²) in [7, 11) is 3.90. The number of nitrogens with one attached hydrogen (secondary N) is 1. The summed E-state index contributed by atoms with van der Waals surface area (Å²) in [4.78, 5) is 2.33. The van der Waals surface area contributed by atoms with Gasteiger partial charge in [0.15, 0.2) is 0 Å². The highest BCUT2D eigenvalue weighted by Crippen LogP contribution is 2.25. The lowest BCUT2D eigenvalue weighted by Crippen LogP contribution is -2.35. The Kier molecular flexibility index (Phi) is 8.93. The van der Waals surface area contributed by atoms with Crippen molar-refractivity contribution < 1.29 is 4.74 Å². The van der Waals surface area contributed by atoms with Crippen molar-refractivity contribution in [3.05, 3.63) is 34.9 Å². The average molecular weight is 313 g/mol. The van der Waals surface area contributed by atoms with Crippen LogP contribution >= 0.6 is 11.6 Å². The van der Waals surface area contributed by atoms with E-state index in [1.807, 2.05) is 12.1 Å². The van der Waals surface area contributed by atoms with Gasteiger partial charge in [-0.2, -0.15) is 0 Å². The highest BCUT2D eigenvalue weighted by Gasteiger charge is 2.16. The summed E-state index contributed by atoms with van der Waals surface area (Å²) in [6, 6.07) is 8.85. The molecule has 0 aliphatic rings. The fraction of sp³-hybridized carbons (Fsp3) is 0.647. The molecule has 4 heteroatoms. The zero-order valence-corrected chi connectivity index (χ0v) is 14.5. The summed E-state index contributed by atoms with van der Waals surface area (Å²) >= 11 is 6.35. The highest BCUT2D eigenvalue weighted by molar-refractivity contribution is 6.31. The zero-order chi connectivity index (χ0) is 15.7. The number of rotatable bonds is 10. The van der Waals surface area contributed by atoms with Gasteiger partial charge in [0.2, 0.25) is 0 Å². The second kappa shape index (κ2) is 10.2. The van der Waals surface area contributed by atoms with Crippen LogP contribution in [0.1, 0.15) is 38.3 Å². The fourth-order valence-electron chi connectivity index (χ4n) is 2.37. The lowest BCUT2D eigenvalue weighted by atomic mass is 10.0. The molecule has 0 heterocycles. The quantitative estimate of drug-likeness (QED) is 0.712. The van der Waals surface area contributed by atoms with Crippen molar-refractivity contribution >= 4 is 11.6 Å². The molecule has 0 radical (unpaired) electrons. The van der Waals surface area contributed by atoms with Gasteiger partial charge in [-0.05, 0) is 45.0 Å². The van der Waals surface area contributed by atoms with E-state index < -0.39 is 0 Å². The number of likely N-dealkylation sites (N-methyl/N-ethyl adjacent to an activating group) is 1. The predicted octanol–water partition coefficient (Wildman–Crippen LogP) is 3.74.